The van der Waals surface area contributed by atoms with Crippen molar-refractivity contribution in [2.75, 3.05) is 6.61 Å². The van der Waals surface area contributed by atoms with Crippen LogP contribution in [0.5, 0.6) is 0 Å². The Kier molecular flexibility index (Phi) is 4.40. The Bertz CT molecular complexity index is 483. The number of hydrogen-bond donors (Lipinski definition) is 2. The van der Waals surface area contributed by atoms with E-state index in [9.17, 15) is 4.79 Å². The van der Waals surface area contributed by atoms with E-state index in [-0.39, 0.29) is 12.5 Å². The van der Waals surface area contributed by atoms with Crippen molar-refractivity contribution < 1.29 is 9.90 Å². The van der Waals surface area contributed by atoms with Crippen LogP contribution in [0.3, 0.4) is 0 Å². The van der Waals surface area contributed by atoms with Crippen molar-refractivity contribution in [3.8, 4) is 11.8 Å². The summed E-state index contributed by atoms with van der Waals surface area (Å²) in [5.41, 5.74) is 0. The van der Waals surface area contributed by atoms with Gasteiger partial charge in [-0.3, -0.25) is 4.79 Å². The fourth-order valence-corrected chi connectivity index (χ4v) is 2.63. The van der Waals surface area contributed by atoms with Crippen LogP contribution in [0.1, 0.15) is 40.7 Å². The molecule has 0 aliphatic heterocycles. The van der Waals surface area contributed by atoms with Crippen LogP contribution >= 0.6 is 11.3 Å². The minimum absolute atomic E-state index is 0.0103. The summed E-state index contributed by atoms with van der Waals surface area (Å²) < 4.78 is 0. The van der Waals surface area contributed by atoms with Crippen LogP contribution < -0.4 is 5.32 Å². The van der Waals surface area contributed by atoms with E-state index in [4.69, 9.17) is 5.11 Å². The van der Waals surface area contributed by atoms with E-state index in [1.807, 2.05) is 12.1 Å². The third kappa shape index (κ3) is 3.34. The molecule has 1 aromatic rings. The first-order valence-corrected chi connectivity index (χ1v) is 7.06. The number of hydrogen-bond acceptors (Lipinski definition) is 3. The molecule has 2 rings (SSSR count). The largest absolute Gasteiger partial charge is 0.395 e. The minimum atomic E-state index is 0.0103. The Hall–Kier alpha value is -1.31. The van der Waals surface area contributed by atoms with E-state index in [0.717, 1.165) is 17.7 Å². The maximum atomic E-state index is 11.9. The Morgan fingerprint density at radius 2 is 2.44 bits per heavy atom. The van der Waals surface area contributed by atoms with E-state index in [2.05, 4.69) is 24.1 Å². The molecule has 0 bridgehead atoms. The second kappa shape index (κ2) is 6.03. The molecular weight excluding hydrogens is 246 g/mol. The SMILES string of the molecule is CCC1CC1NC(=O)c1ccc(C#CCCO)s1. The summed E-state index contributed by atoms with van der Waals surface area (Å²) in [6.07, 6.45) is 2.71. The van der Waals surface area contributed by atoms with Crippen LogP contribution in [0.4, 0.5) is 0 Å². The first-order valence-electron chi connectivity index (χ1n) is 6.25. The highest BCUT2D eigenvalue weighted by atomic mass is 32.1. The number of amides is 1. The minimum Gasteiger partial charge on any atom is -0.395 e. The van der Waals surface area contributed by atoms with Gasteiger partial charge in [0.05, 0.1) is 16.4 Å². The molecule has 1 saturated carbocycles. The standard InChI is InChI=1S/C14H17NO2S/c1-2-10-9-12(10)15-14(17)13-7-6-11(18-13)5-3-4-8-16/h6-7,10,12,16H,2,4,8-9H2,1H3,(H,15,17). The Morgan fingerprint density at radius 3 is 3.11 bits per heavy atom. The van der Waals surface area contributed by atoms with Gasteiger partial charge in [0.25, 0.3) is 5.91 Å². The number of aliphatic hydroxyl groups is 1. The lowest BCUT2D eigenvalue weighted by Crippen LogP contribution is -2.25. The lowest BCUT2D eigenvalue weighted by molar-refractivity contribution is 0.0953. The molecule has 1 amide bonds. The number of aliphatic hydroxyl groups excluding tert-OH is 1. The highest BCUT2D eigenvalue weighted by molar-refractivity contribution is 7.14. The van der Waals surface area contributed by atoms with Crippen LogP contribution in [0.15, 0.2) is 12.1 Å². The third-order valence-corrected chi connectivity index (χ3v) is 4.04. The topological polar surface area (TPSA) is 49.3 Å². The number of rotatable bonds is 4. The lowest BCUT2D eigenvalue weighted by atomic mass is 10.3. The van der Waals surface area contributed by atoms with Crippen molar-refractivity contribution in [1.29, 1.82) is 0 Å². The monoisotopic (exact) mass is 263 g/mol. The summed E-state index contributed by atoms with van der Waals surface area (Å²) in [5.74, 6) is 6.46. The predicted octanol–water partition coefficient (Wildman–Crippen LogP) is 2.01. The number of carbonyl (C=O) groups excluding carboxylic acids is 1. The first kappa shape index (κ1) is 13.1. The zero-order chi connectivity index (χ0) is 13.0. The lowest BCUT2D eigenvalue weighted by Gasteiger charge is -2.00. The normalized spacial score (nSPS) is 21.0. The van der Waals surface area contributed by atoms with Crippen molar-refractivity contribution in [2.24, 2.45) is 5.92 Å². The van der Waals surface area contributed by atoms with Gasteiger partial charge in [-0.05, 0) is 24.5 Å². The van der Waals surface area contributed by atoms with Crippen LogP contribution in [0.2, 0.25) is 0 Å². The summed E-state index contributed by atoms with van der Waals surface area (Å²) in [6.45, 7) is 2.22. The second-order valence-corrected chi connectivity index (χ2v) is 5.51. The van der Waals surface area contributed by atoms with Crippen LogP contribution in [-0.2, 0) is 0 Å². The smallest absolute Gasteiger partial charge is 0.261 e. The summed E-state index contributed by atoms with van der Waals surface area (Å²) in [6, 6.07) is 4.04. The molecule has 2 N–H and O–H groups in total. The van der Waals surface area contributed by atoms with Gasteiger partial charge in [-0.2, -0.15) is 0 Å². The molecule has 0 spiro atoms. The summed E-state index contributed by atoms with van der Waals surface area (Å²) in [5, 5.41) is 11.7. The summed E-state index contributed by atoms with van der Waals surface area (Å²) >= 11 is 1.40. The molecule has 3 nitrogen and oxygen atoms in total. The molecule has 1 fully saturated rings. The van der Waals surface area contributed by atoms with Gasteiger partial charge in [0.2, 0.25) is 0 Å². The van der Waals surface area contributed by atoms with Gasteiger partial charge in [-0.15, -0.1) is 11.3 Å². The summed E-state index contributed by atoms with van der Waals surface area (Å²) in [4.78, 5) is 13.5. The van der Waals surface area contributed by atoms with Crippen LogP contribution in [-0.4, -0.2) is 23.7 Å². The predicted molar refractivity (Wildman–Crippen MR) is 72.6 cm³/mol. The van der Waals surface area contributed by atoms with Crippen molar-refractivity contribution in [2.45, 2.75) is 32.2 Å². The maximum Gasteiger partial charge on any atom is 0.261 e. The fourth-order valence-electron chi connectivity index (χ4n) is 1.85. The van der Waals surface area contributed by atoms with Gasteiger partial charge >= 0.3 is 0 Å². The molecule has 2 unspecified atom stereocenters. The first-order chi connectivity index (χ1) is 8.74. The Morgan fingerprint density at radius 1 is 1.61 bits per heavy atom. The average molecular weight is 263 g/mol. The molecule has 18 heavy (non-hydrogen) atoms. The second-order valence-electron chi connectivity index (χ2n) is 4.42. The number of nitrogens with one attached hydrogen (secondary N) is 1. The van der Waals surface area contributed by atoms with Crippen LogP contribution in [0.25, 0.3) is 0 Å². The van der Waals surface area contributed by atoms with Gasteiger partial charge in [-0.25, -0.2) is 0 Å². The third-order valence-electron chi connectivity index (χ3n) is 3.04. The molecular formula is C14H17NO2S. The quantitative estimate of drug-likeness (QED) is 0.816. The maximum absolute atomic E-state index is 11.9. The fraction of sp³-hybridized carbons (Fsp3) is 0.500. The van der Waals surface area contributed by atoms with Gasteiger partial charge in [0.1, 0.15) is 0 Å². The van der Waals surface area contributed by atoms with Gasteiger partial charge in [-0.1, -0.05) is 25.2 Å². The van der Waals surface area contributed by atoms with Crippen molar-refractivity contribution in [1.82, 2.24) is 5.32 Å². The van der Waals surface area contributed by atoms with Gasteiger partial charge in [0, 0.05) is 12.5 Å². The number of carbonyl (C=O) groups is 1. The molecule has 0 saturated heterocycles. The molecule has 1 aliphatic rings. The number of thiophene rings is 1. The van der Waals surface area contributed by atoms with E-state index in [1.54, 1.807) is 0 Å². The molecule has 0 radical (unpaired) electrons. The van der Waals surface area contributed by atoms with Gasteiger partial charge < -0.3 is 10.4 Å². The van der Waals surface area contributed by atoms with Crippen molar-refractivity contribution in [3.05, 3.63) is 21.9 Å². The van der Waals surface area contributed by atoms with Crippen LogP contribution in [0, 0.1) is 17.8 Å². The molecule has 1 aromatic heterocycles. The highest BCUT2D eigenvalue weighted by Gasteiger charge is 2.36. The van der Waals surface area contributed by atoms with E-state index in [1.165, 1.54) is 11.3 Å². The van der Waals surface area contributed by atoms with E-state index in [0.29, 0.717) is 23.3 Å². The highest BCUT2D eigenvalue weighted by Crippen LogP contribution is 2.33. The van der Waals surface area contributed by atoms with Gasteiger partial charge in [0.15, 0.2) is 0 Å². The average Bonchev–Trinajstić information content (AvgIpc) is 2.94. The Labute approximate surface area is 111 Å². The molecule has 4 heteroatoms. The molecule has 1 aliphatic carbocycles. The van der Waals surface area contributed by atoms with Crippen molar-refractivity contribution >= 4 is 17.2 Å². The van der Waals surface area contributed by atoms with Crippen molar-refractivity contribution in [3.63, 3.8) is 0 Å². The molecule has 1 heterocycles. The summed E-state index contributed by atoms with van der Waals surface area (Å²) in [7, 11) is 0. The zero-order valence-electron chi connectivity index (χ0n) is 10.4. The van der Waals surface area contributed by atoms with E-state index >= 15 is 0 Å². The molecule has 2 atom stereocenters. The zero-order valence-corrected chi connectivity index (χ0v) is 11.2. The molecule has 0 aromatic carbocycles. The Balaban J connectivity index is 1.90. The van der Waals surface area contributed by atoms with E-state index < -0.39 is 0 Å². The molecule has 96 valence electrons.